The SMILES string of the molecule is COC(=O)CCCCCC(=O)c1nc(-c2nccs2)sc1CC(C)C. The van der Waals surface area contributed by atoms with Gasteiger partial charge in [0.25, 0.3) is 0 Å². The second kappa shape index (κ2) is 9.77. The van der Waals surface area contributed by atoms with Gasteiger partial charge in [-0.05, 0) is 25.2 Å². The molecule has 2 rings (SSSR count). The van der Waals surface area contributed by atoms with E-state index in [-0.39, 0.29) is 11.8 Å². The average Bonchev–Trinajstić information content (AvgIpc) is 3.23. The van der Waals surface area contributed by atoms with Crippen LogP contribution < -0.4 is 0 Å². The molecular formula is C18H24N2O3S2. The number of hydrogen-bond acceptors (Lipinski definition) is 7. The van der Waals surface area contributed by atoms with Crippen LogP contribution in [0.5, 0.6) is 0 Å². The second-order valence-corrected chi connectivity index (χ2v) is 8.26. The summed E-state index contributed by atoms with van der Waals surface area (Å²) in [5.74, 6) is 0.363. The molecule has 0 fully saturated rings. The van der Waals surface area contributed by atoms with Gasteiger partial charge in [-0.3, -0.25) is 9.59 Å². The summed E-state index contributed by atoms with van der Waals surface area (Å²) in [5, 5.41) is 3.62. The third-order valence-corrected chi connectivity index (χ3v) is 5.68. The van der Waals surface area contributed by atoms with Crippen molar-refractivity contribution in [1.29, 1.82) is 0 Å². The average molecular weight is 381 g/mol. The summed E-state index contributed by atoms with van der Waals surface area (Å²) in [6, 6.07) is 0. The number of Topliss-reactive ketones (excluding diaryl/α,β-unsaturated/α-hetero) is 1. The van der Waals surface area contributed by atoms with E-state index in [1.807, 2.05) is 5.38 Å². The predicted molar refractivity (Wildman–Crippen MR) is 101 cm³/mol. The van der Waals surface area contributed by atoms with Crippen molar-refractivity contribution in [3.8, 4) is 10.0 Å². The molecule has 25 heavy (non-hydrogen) atoms. The molecule has 0 aliphatic carbocycles. The van der Waals surface area contributed by atoms with Gasteiger partial charge < -0.3 is 4.74 Å². The maximum Gasteiger partial charge on any atom is 0.305 e. The summed E-state index contributed by atoms with van der Waals surface area (Å²) < 4.78 is 4.62. The fourth-order valence-corrected chi connectivity index (χ4v) is 4.42. The molecule has 0 saturated heterocycles. The highest BCUT2D eigenvalue weighted by Crippen LogP contribution is 2.31. The molecule has 0 radical (unpaired) electrons. The van der Waals surface area contributed by atoms with Crippen molar-refractivity contribution >= 4 is 34.4 Å². The number of carbonyl (C=O) groups is 2. The van der Waals surface area contributed by atoms with E-state index >= 15 is 0 Å². The van der Waals surface area contributed by atoms with Crippen molar-refractivity contribution in [2.45, 2.75) is 52.4 Å². The van der Waals surface area contributed by atoms with E-state index in [0.717, 1.165) is 40.6 Å². The van der Waals surface area contributed by atoms with E-state index in [9.17, 15) is 9.59 Å². The van der Waals surface area contributed by atoms with Crippen LogP contribution in [0.4, 0.5) is 0 Å². The van der Waals surface area contributed by atoms with E-state index < -0.39 is 0 Å². The Morgan fingerprint density at radius 1 is 1.16 bits per heavy atom. The number of thiazole rings is 2. The van der Waals surface area contributed by atoms with E-state index in [4.69, 9.17) is 0 Å². The maximum atomic E-state index is 12.6. The van der Waals surface area contributed by atoms with Crippen LogP contribution in [0.3, 0.4) is 0 Å². The zero-order valence-corrected chi connectivity index (χ0v) is 16.5. The Balaban J connectivity index is 1.98. The predicted octanol–water partition coefficient (Wildman–Crippen LogP) is 4.77. The van der Waals surface area contributed by atoms with Gasteiger partial charge in [0.2, 0.25) is 0 Å². The molecule has 0 atom stereocenters. The van der Waals surface area contributed by atoms with Gasteiger partial charge in [0, 0.05) is 29.3 Å². The van der Waals surface area contributed by atoms with Crippen LogP contribution in [0, 0.1) is 5.92 Å². The number of ether oxygens (including phenoxy) is 1. The third-order valence-electron chi connectivity index (χ3n) is 3.68. The molecule has 0 bridgehead atoms. The lowest BCUT2D eigenvalue weighted by Crippen LogP contribution is -2.05. The topological polar surface area (TPSA) is 69.2 Å². The Hall–Kier alpha value is -1.60. The van der Waals surface area contributed by atoms with Gasteiger partial charge >= 0.3 is 5.97 Å². The van der Waals surface area contributed by atoms with Crippen molar-refractivity contribution in [3.63, 3.8) is 0 Å². The van der Waals surface area contributed by atoms with Crippen LogP contribution in [0.15, 0.2) is 11.6 Å². The first-order valence-corrected chi connectivity index (χ1v) is 10.2. The Morgan fingerprint density at radius 2 is 1.92 bits per heavy atom. The highest BCUT2D eigenvalue weighted by Gasteiger charge is 2.20. The highest BCUT2D eigenvalue weighted by atomic mass is 32.1. The molecule has 0 aromatic carbocycles. The fourth-order valence-electron chi connectivity index (χ4n) is 2.45. The van der Waals surface area contributed by atoms with Crippen LogP contribution in [0.25, 0.3) is 10.0 Å². The lowest BCUT2D eigenvalue weighted by molar-refractivity contribution is -0.140. The number of esters is 1. The molecule has 2 aromatic heterocycles. The number of hydrogen-bond donors (Lipinski definition) is 0. The first kappa shape index (κ1) is 19.7. The van der Waals surface area contributed by atoms with Gasteiger partial charge in [-0.25, -0.2) is 9.97 Å². The quantitative estimate of drug-likeness (QED) is 0.337. The second-order valence-electron chi connectivity index (χ2n) is 6.29. The molecule has 0 aliphatic heterocycles. The number of aromatic nitrogens is 2. The van der Waals surface area contributed by atoms with Crippen molar-refractivity contribution in [2.24, 2.45) is 5.92 Å². The van der Waals surface area contributed by atoms with Gasteiger partial charge in [-0.2, -0.15) is 0 Å². The van der Waals surface area contributed by atoms with Crippen molar-refractivity contribution in [1.82, 2.24) is 9.97 Å². The zero-order chi connectivity index (χ0) is 18.2. The smallest absolute Gasteiger partial charge is 0.305 e. The normalized spacial score (nSPS) is 11.0. The molecular weight excluding hydrogens is 356 g/mol. The Morgan fingerprint density at radius 3 is 2.56 bits per heavy atom. The molecule has 0 saturated carbocycles. The summed E-state index contributed by atoms with van der Waals surface area (Å²) >= 11 is 3.12. The number of ketones is 1. The molecule has 0 spiro atoms. The minimum absolute atomic E-state index is 0.0905. The Kier molecular flexibility index (Phi) is 7.71. The Labute approximate surface area is 156 Å². The van der Waals surface area contributed by atoms with Gasteiger partial charge in [0.15, 0.2) is 15.8 Å². The molecule has 7 heteroatoms. The first-order valence-electron chi connectivity index (χ1n) is 8.50. The van der Waals surface area contributed by atoms with E-state index in [0.29, 0.717) is 24.5 Å². The minimum Gasteiger partial charge on any atom is -0.469 e. The van der Waals surface area contributed by atoms with E-state index in [2.05, 4.69) is 28.6 Å². The summed E-state index contributed by atoms with van der Waals surface area (Å²) in [4.78, 5) is 33.7. The molecule has 0 amide bonds. The lowest BCUT2D eigenvalue weighted by atomic mass is 10.0. The van der Waals surface area contributed by atoms with E-state index in [1.165, 1.54) is 18.4 Å². The first-order chi connectivity index (χ1) is 12.0. The van der Waals surface area contributed by atoms with Crippen molar-refractivity contribution in [3.05, 3.63) is 22.1 Å². The third kappa shape index (κ3) is 6.01. The molecule has 2 heterocycles. The van der Waals surface area contributed by atoms with Gasteiger partial charge in [-0.1, -0.05) is 20.3 Å². The fraction of sp³-hybridized carbons (Fsp3) is 0.556. The van der Waals surface area contributed by atoms with Crippen LogP contribution in [0.1, 0.15) is 61.3 Å². The Bertz CT molecular complexity index is 693. The van der Waals surface area contributed by atoms with Crippen molar-refractivity contribution in [2.75, 3.05) is 7.11 Å². The van der Waals surface area contributed by atoms with Crippen LogP contribution in [0.2, 0.25) is 0 Å². The summed E-state index contributed by atoms with van der Waals surface area (Å²) in [5.41, 5.74) is 0.608. The highest BCUT2D eigenvalue weighted by molar-refractivity contribution is 7.20. The monoisotopic (exact) mass is 380 g/mol. The number of unbranched alkanes of at least 4 members (excludes halogenated alkanes) is 2. The lowest BCUT2D eigenvalue weighted by Gasteiger charge is -2.04. The molecule has 0 aliphatic rings. The molecule has 0 unspecified atom stereocenters. The molecule has 2 aromatic rings. The van der Waals surface area contributed by atoms with Crippen LogP contribution in [-0.2, 0) is 16.0 Å². The maximum absolute atomic E-state index is 12.6. The number of methoxy groups -OCH3 is 1. The van der Waals surface area contributed by atoms with E-state index in [1.54, 1.807) is 17.5 Å². The standard InChI is InChI=1S/C18H24N2O3S2/c1-12(2)11-14-16(20-18(25-14)17-19-9-10-24-17)13(21)7-5-4-6-8-15(22)23-3/h9-10,12H,4-8,11H2,1-3H3. The molecule has 0 N–H and O–H groups in total. The van der Waals surface area contributed by atoms with Crippen LogP contribution >= 0.6 is 22.7 Å². The van der Waals surface area contributed by atoms with Gasteiger partial charge in [-0.15, -0.1) is 22.7 Å². The van der Waals surface area contributed by atoms with Crippen LogP contribution in [-0.4, -0.2) is 28.8 Å². The summed E-state index contributed by atoms with van der Waals surface area (Å²) in [7, 11) is 1.39. The van der Waals surface area contributed by atoms with Crippen molar-refractivity contribution < 1.29 is 14.3 Å². The number of carbonyl (C=O) groups excluding carboxylic acids is 2. The summed E-state index contributed by atoms with van der Waals surface area (Å²) in [6.45, 7) is 4.29. The molecule has 136 valence electrons. The number of rotatable bonds is 10. The largest absolute Gasteiger partial charge is 0.469 e. The zero-order valence-electron chi connectivity index (χ0n) is 14.9. The summed E-state index contributed by atoms with van der Waals surface area (Å²) in [6.07, 6.45) is 5.84. The minimum atomic E-state index is -0.196. The molecule has 5 nitrogen and oxygen atoms in total. The van der Waals surface area contributed by atoms with Gasteiger partial charge in [0.1, 0.15) is 5.69 Å². The number of nitrogens with zero attached hydrogens (tertiary/aromatic N) is 2. The van der Waals surface area contributed by atoms with Gasteiger partial charge in [0.05, 0.1) is 7.11 Å².